The van der Waals surface area contributed by atoms with Crippen LogP contribution in [0.5, 0.6) is 0 Å². The number of rotatable bonds is 3. The summed E-state index contributed by atoms with van der Waals surface area (Å²) in [6.07, 6.45) is 1.91. The fourth-order valence-corrected chi connectivity index (χ4v) is 3.12. The summed E-state index contributed by atoms with van der Waals surface area (Å²) >= 11 is 6.38. The molecule has 2 aromatic rings. The van der Waals surface area contributed by atoms with Gasteiger partial charge in [0, 0.05) is 10.4 Å². The third kappa shape index (κ3) is 3.00. The lowest BCUT2D eigenvalue weighted by Gasteiger charge is -2.32. The maximum Gasteiger partial charge on any atom is 0.492 e. The van der Waals surface area contributed by atoms with Crippen molar-refractivity contribution in [1.29, 1.82) is 0 Å². The molecule has 0 amide bonds. The Morgan fingerprint density at radius 2 is 1.67 bits per heavy atom. The number of hydrogen-bond donors (Lipinski definition) is 1. The summed E-state index contributed by atoms with van der Waals surface area (Å²) in [5, 5.41) is 12.6. The first-order valence-corrected chi connectivity index (χ1v) is 8.47. The van der Waals surface area contributed by atoms with Gasteiger partial charge in [0.2, 0.25) is 0 Å². The predicted octanol–water partition coefficient (Wildman–Crippen LogP) is 4.50. The van der Waals surface area contributed by atoms with Gasteiger partial charge in [-0.3, -0.25) is 0 Å². The minimum atomic E-state index is -0.572. The van der Waals surface area contributed by atoms with E-state index in [1.807, 2.05) is 70.2 Å². The predicted molar refractivity (Wildman–Crippen MR) is 100 cm³/mol. The topological polar surface area (TPSA) is 38.7 Å². The molecule has 1 heterocycles. The Hall–Kier alpha value is -1.33. The molecule has 0 aromatic heterocycles. The van der Waals surface area contributed by atoms with Gasteiger partial charge >= 0.3 is 7.12 Å². The van der Waals surface area contributed by atoms with Gasteiger partial charge in [-0.05, 0) is 50.2 Å². The maximum atomic E-state index is 9.87. The molecule has 1 N–H and O–H groups in total. The van der Waals surface area contributed by atoms with Crippen molar-refractivity contribution >= 4 is 35.6 Å². The van der Waals surface area contributed by atoms with Crippen LogP contribution in [0.15, 0.2) is 41.9 Å². The molecule has 0 atom stereocenters. The van der Waals surface area contributed by atoms with Crippen LogP contribution in [0.3, 0.4) is 0 Å². The van der Waals surface area contributed by atoms with Gasteiger partial charge < -0.3 is 14.4 Å². The van der Waals surface area contributed by atoms with E-state index in [1.54, 1.807) is 0 Å². The molecule has 1 aliphatic rings. The first-order valence-electron chi connectivity index (χ1n) is 8.09. The average Bonchev–Trinajstić information content (AvgIpc) is 2.73. The molecule has 0 spiro atoms. The number of halogens is 1. The molecule has 126 valence electrons. The summed E-state index contributed by atoms with van der Waals surface area (Å²) < 4.78 is 12.1. The van der Waals surface area contributed by atoms with Gasteiger partial charge in [0.05, 0.1) is 17.8 Å². The first kappa shape index (κ1) is 17.5. The molecule has 0 aliphatic carbocycles. The summed E-state index contributed by atoms with van der Waals surface area (Å²) in [6, 6.07) is 11.8. The van der Waals surface area contributed by atoms with Gasteiger partial charge in [-0.15, -0.1) is 0 Å². The zero-order chi connectivity index (χ0) is 17.5. The summed E-state index contributed by atoms with van der Waals surface area (Å²) in [7, 11) is -0.572. The molecule has 3 nitrogen and oxygen atoms in total. The largest absolute Gasteiger partial charge is 0.492 e. The first-order chi connectivity index (χ1) is 11.2. The Morgan fingerprint density at radius 1 is 1.08 bits per heavy atom. The highest BCUT2D eigenvalue weighted by Gasteiger charge is 2.52. The lowest BCUT2D eigenvalue weighted by atomic mass is 9.77. The van der Waals surface area contributed by atoms with E-state index in [9.17, 15) is 5.11 Å². The molecule has 1 aliphatic heterocycles. The van der Waals surface area contributed by atoms with Crippen LogP contribution in [0.1, 0.15) is 33.3 Å². The van der Waals surface area contributed by atoms with Gasteiger partial charge in [-0.1, -0.05) is 48.0 Å². The number of aliphatic hydroxyl groups is 1. The Balaban J connectivity index is 2.04. The molecule has 2 aromatic carbocycles. The Labute approximate surface area is 148 Å². The van der Waals surface area contributed by atoms with Crippen molar-refractivity contribution in [1.82, 2.24) is 0 Å². The van der Waals surface area contributed by atoms with Gasteiger partial charge in [0.15, 0.2) is 0 Å². The SMILES string of the molecule is CC1(C)OB(C(=Cc2cccc3cccc(Cl)c23)CO)OC1(C)C. The van der Waals surface area contributed by atoms with Gasteiger partial charge in [-0.25, -0.2) is 0 Å². The molecule has 24 heavy (non-hydrogen) atoms. The van der Waals surface area contributed by atoms with Crippen LogP contribution in [0.4, 0.5) is 0 Å². The van der Waals surface area contributed by atoms with E-state index in [-0.39, 0.29) is 6.61 Å². The molecule has 0 saturated carbocycles. The summed E-state index contributed by atoms with van der Waals surface area (Å²) in [6.45, 7) is 7.85. The third-order valence-corrected chi connectivity index (χ3v) is 5.28. The van der Waals surface area contributed by atoms with Crippen LogP contribution in [0.25, 0.3) is 16.8 Å². The molecule has 0 bridgehead atoms. The monoisotopic (exact) mass is 344 g/mol. The average molecular weight is 345 g/mol. The van der Waals surface area contributed by atoms with E-state index >= 15 is 0 Å². The van der Waals surface area contributed by atoms with E-state index in [0.29, 0.717) is 10.5 Å². The number of benzene rings is 2. The van der Waals surface area contributed by atoms with Crippen molar-refractivity contribution in [2.75, 3.05) is 6.61 Å². The highest BCUT2D eigenvalue weighted by atomic mass is 35.5. The highest BCUT2D eigenvalue weighted by Crippen LogP contribution is 2.39. The molecule has 3 rings (SSSR count). The number of fused-ring (bicyclic) bond motifs is 1. The third-order valence-electron chi connectivity index (χ3n) is 4.97. The summed E-state index contributed by atoms with van der Waals surface area (Å²) in [5.74, 6) is 0. The molecular formula is C19H22BClO3. The van der Waals surface area contributed by atoms with E-state index in [0.717, 1.165) is 16.3 Å². The van der Waals surface area contributed by atoms with Crippen molar-refractivity contribution in [3.05, 3.63) is 52.5 Å². The molecule has 5 heteroatoms. The summed E-state index contributed by atoms with van der Waals surface area (Å²) in [4.78, 5) is 0. The van der Waals surface area contributed by atoms with Crippen LogP contribution in [-0.2, 0) is 9.31 Å². The van der Waals surface area contributed by atoms with Crippen LogP contribution >= 0.6 is 11.6 Å². The van der Waals surface area contributed by atoms with E-state index < -0.39 is 18.3 Å². The van der Waals surface area contributed by atoms with E-state index in [2.05, 4.69) is 0 Å². The van der Waals surface area contributed by atoms with Crippen molar-refractivity contribution in [3.63, 3.8) is 0 Å². The number of hydrogen-bond acceptors (Lipinski definition) is 3. The quantitative estimate of drug-likeness (QED) is 0.833. The van der Waals surface area contributed by atoms with Crippen LogP contribution < -0.4 is 0 Å². The smallest absolute Gasteiger partial charge is 0.400 e. The fraction of sp³-hybridized carbons (Fsp3) is 0.368. The Bertz CT molecular complexity index is 777. The molecule has 0 unspecified atom stereocenters. The zero-order valence-electron chi connectivity index (χ0n) is 14.5. The van der Waals surface area contributed by atoms with Gasteiger partial charge in [-0.2, -0.15) is 0 Å². The minimum Gasteiger partial charge on any atom is -0.400 e. The van der Waals surface area contributed by atoms with Crippen molar-refractivity contribution < 1.29 is 14.4 Å². The number of aliphatic hydroxyl groups excluding tert-OH is 1. The van der Waals surface area contributed by atoms with Crippen molar-refractivity contribution in [3.8, 4) is 0 Å². The lowest BCUT2D eigenvalue weighted by molar-refractivity contribution is 0.00578. The van der Waals surface area contributed by atoms with E-state index in [1.165, 1.54) is 0 Å². The lowest BCUT2D eigenvalue weighted by Crippen LogP contribution is -2.41. The molecule has 1 fully saturated rings. The van der Waals surface area contributed by atoms with Crippen molar-refractivity contribution in [2.45, 2.75) is 38.9 Å². The Morgan fingerprint density at radius 3 is 2.25 bits per heavy atom. The second-order valence-electron chi connectivity index (χ2n) is 7.15. The highest BCUT2D eigenvalue weighted by molar-refractivity contribution is 6.56. The Kier molecular flexibility index (Phi) is 4.52. The second-order valence-corrected chi connectivity index (χ2v) is 7.56. The van der Waals surface area contributed by atoms with Crippen LogP contribution in [0.2, 0.25) is 5.02 Å². The zero-order valence-corrected chi connectivity index (χ0v) is 15.2. The van der Waals surface area contributed by atoms with Gasteiger partial charge in [0.25, 0.3) is 0 Å². The second kappa shape index (κ2) is 6.19. The van der Waals surface area contributed by atoms with E-state index in [4.69, 9.17) is 20.9 Å². The minimum absolute atomic E-state index is 0.141. The molecule has 0 radical (unpaired) electrons. The van der Waals surface area contributed by atoms with Crippen LogP contribution in [-0.4, -0.2) is 30.0 Å². The standard InChI is InChI=1S/C19H22BClO3/c1-18(2)19(3,4)24-20(23-18)15(12-22)11-14-9-5-7-13-8-6-10-16(21)17(13)14/h5-11,22H,12H2,1-4H3. The normalized spacial score (nSPS) is 19.9. The summed E-state index contributed by atoms with van der Waals surface area (Å²) in [5.41, 5.74) is 0.739. The molecule has 1 saturated heterocycles. The van der Waals surface area contributed by atoms with Crippen LogP contribution in [0, 0.1) is 0 Å². The fourth-order valence-electron chi connectivity index (χ4n) is 2.83. The van der Waals surface area contributed by atoms with Crippen molar-refractivity contribution in [2.24, 2.45) is 0 Å². The molecular weight excluding hydrogens is 322 g/mol. The van der Waals surface area contributed by atoms with Gasteiger partial charge in [0.1, 0.15) is 0 Å². The maximum absolute atomic E-state index is 9.87.